The van der Waals surface area contributed by atoms with Crippen LogP contribution in [0.15, 0.2) is 54.6 Å². The molecule has 2 saturated heterocycles. The summed E-state index contributed by atoms with van der Waals surface area (Å²) >= 11 is 0. The summed E-state index contributed by atoms with van der Waals surface area (Å²) in [6.45, 7) is 5.23. The Kier molecular flexibility index (Phi) is 20.2. The van der Waals surface area contributed by atoms with Gasteiger partial charge in [0.25, 0.3) is 5.92 Å². The zero-order valence-corrected chi connectivity index (χ0v) is 41.6. The van der Waals surface area contributed by atoms with Crippen molar-refractivity contribution in [3.8, 4) is 22.3 Å². The van der Waals surface area contributed by atoms with Gasteiger partial charge in [0.2, 0.25) is 5.91 Å². The average molecular weight is 976 g/mol. The molecule has 3 amide bonds. The van der Waals surface area contributed by atoms with Gasteiger partial charge in [-0.05, 0) is 123 Å². The third-order valence-corrected chi connectivity index (χ3v) is 14.2. The first-order valence-corrected chi connectivity index (χ1v) is 24.0. The summed E-state index contributed by atoms with van der Waals surface area (Å²) in [6.07, 6.45) is 12.2. The van der Waals surface area contributed by atoms with Crippen LogP contribution in [0.3, 0.4) is 0 Å². The van der Waals surface area contributed by atoms with E-state index >= 15 is 8.78 Å². The number of imidazole rings is 1. The van der Waals surface area contributed by atoms with E-state index in [-0.39, 0.29) is 41.8 Å². The number of halogens is 2. The Labute approximate surface area is 409 Å². The normalized spacial score (nSPS) is 22.1. The van der Waals surface area contributed by atoms with Gasteiger partial charge in [-0.3, -0.25) is 4.79 Å². The van der Waals surface area contributed by atoms with Gasteiger partial charge in [0.05, 0.1) is 44.0 Å². The van der Waals surface area contributed by atoms with Crippen LogP contribution >= 0.6 is 0 Å². The Morgan fingerprint density at radius 3 is 2.10 bits per heavy atom. The third-order valence-electron chi connectivity index (χ3n) is 14.2. The van der Waals surface area contributed by atoms with Crippen molar-refractivity contribution >= 4 is 47.9 Å². The molecule has 2 saturated carbocycles. The third kappa shape index (κ3) is 12.9. The van der Waals surface area contributed by atoms with Crippen LogP contribution < -0.4 is 16.4 Å². The Hall–Kier alpha value is -5.98. The molecule has 5 aliphatic rings. The molecule has 18 heteroatoms. The minimum Gasteiger partial charge on any atom is -0.453 e. The molecule has 3 aliphatic carbocycles. The van der Waals surface area contributed by atoms with Gasteiger partial charge in [-0.2, -0.15) is 8.78 Å². The molecule has 2 aliphatic heterocycles. The van der Waals surface area contributed by atoms with E-state index in [2.05, 4.69) is 38.0 Å². The number of amides is 3. The monoisotopic (exact) mass is 976 g/mol. The van der Waals surface area contributed by atoms with E-state index in [4.69, 9.17) is 24.0 Å². The number of alkyl halides is 2. The molecule has 70 heavy (non-hydrogen) atoms. The topological polar surface area (TPSA) is 208 Å². The molecular formula is C52H71F2N7O9. The van der Waals surface area contributed by atoms with Gasteiger partial charge >= 0.3 is 12.2 Å². The first-order chi connectivity index (χ1) is 33.7. The number of likely N-dealkylation sites (tertiary alicyclic amines) is 2. The average Bonchev–Trinajstić information content (AvgIpc) is 4.15. The number of benzene rings is 3. The van der Waals surface area contributed by atoms with E-state index in [1.54, 1.807) is 32.4 Å². The smallest absolute Gasteiger partial charge is 0.407 e. The van der Waals surface area contributed by atoms with Crippen molar-refractivity contribution in [2.75, 3.05) is 61.0 Å². The number of rotatable bonds is 10. The second kappa shape index (κ2) is 25.8. The summed E-state index contributed by atoms with van der Waals surface area (Å²) in [7, 11) is 9.57. The fraction of sp³-hybridized carbons (Fsp3) is 0.538. The number of nitrogens with one attached hydrogen (secondary N) is 3. The fourth-order valence-corrected chi connectivity index (χ4v) is 10.5. The molecule has 3 aromatic carbocycles. The number of aldehydes is 1. The van der Waals surface area contributed by atoms with E-state index < -0.39 is 24.2 Å². The number of hydrogen-bond donors (Lipinski definition) is 4. The number of nitrogens with two attached hydrogens (primary N) is 1. The number of carbonyl (C=O) groups is 5. The molecule has 0 radical (unpaired) electrons. The lowest BCUT2D eigenvalue weighted by molar-refractivity contribution is -0.138. The largest absolute Gasteiger partial charge is 0.453 e. The predicted molar refractivity (Wildman–Crippen MR) is 265 cm³/mol. The molecule has 3 heterocycles. The standard InChI is InChI=1S/C35H37F2N5O4.C9H17N.C5H10O2.C2H5NO2.CH2O/c1-38-22-10-12-24-23-11-8-19(14-25(23)35(36,37)26(24)17-22)20-9-13-27-28(15-20)40-32(39-27)31-16-21-6-4-5-7-30(21)42(31)33(43)29(18-45-2)41-34(44)46-3;1-10-7-6-8-4-2-3-5-9(8)10;1-5(7-2)3-4-6;1-5-2(3)4;1-2/h8-15,17,21,29-31,38H,4-7,16,18H2,1-3H3,(H,39,40)(H,41,44);8-9H,2-7H2,1H3;4-5H,3H2,1-2H3;1H3,(H2,3,4);1H2/t21-,29?,30-,31?;;;;/m0..../s1. The second-order valence-corrected chi connectivity index (χ2v) is 18.3. The van der Waals surface area contributed by atoms with E-state index in [9.17, 15) is 19.2 Å². The van der Waals surface area contributed by atoms with E-state index in [0.29, 0.717) is 40.5 Å². The zero-order chi connectivity index (χ0) is 51.1. The van der Waals surface area contributed by atoms with Gasteiger partial charge < -0.3 is 59.7 Å². The molecule has 0 spiro atoms. The van der Waals surface area contributed by atoms with E-state index in [1.165, 1.54) is 66.0 Å². The van der Waals surface area contributed by atoms with Gasteiger partial charge in [-0.15, -0.1) is 0 Å². The van der Waals surface area contributed by atoms with Crippen molar-refractivity contribution < 1.29 is 51.7 Å². The van der Waals surface area contributed by atoms with Crippen LogP contribution in [0.1, 0.15) is 101 Å². The van der Waals surface area contributed by atoms with Gasteiger partial charge in [-0.25, -0.2) is 14.6 Å². The lowest BCUT2D eigenvalue weighted by Gasteiger charge is -2.35. The Morgan fingerprint density at radius 2 is 1.50 bits per heavy atom. The van der Waals surface area contributed by atoms with Crippen LogP contribution in [0.5, 0.6) is 0 Å². The van der Waals surface area contributed by atoms with Gasteiger partial charge in [-0.1, -0.05) is 49.9 Å². The highest BCUT2D eigenvalue weighted by molar-refractivity contribution is 5.88. The molecule has 382 valence electrons. The maximum absolute atomic E-state index is 15.7. The van der Waals surface area contributed by atoms with Gasteiger partial charge in [0, 0.05) is 56.6 Å². The summed E-state index contributed by atoms with van der Waals surface area (Å²) in [4.78, 5) is 66.0. The van der Waals surface area contributed by atoms with Crippen molar-refractivity contribution in [2.45, 2.75) is 114 Å². The second-order valence-electron chi connectivity index (χ2n) is 18.3. The number of aromatic amines is 1. The minimum absolute atomic E-state index is 0.00548. The highest BCUT2D eigenvalue weighted by atomic mass is 19.3. The van der Waals surface area contributed by atoms with Crippen molar-refractivity contribution in [3.05, 3.63) is 71.5 Å². The molecule has 4 aromatic rings. The summed E-state index contributed by atoms with van der Waals surface area (Å²) in [5, 5.41) is 5.58. The molecular weight excluding hydrogens is 905 g/mol. The highest BCUT2D eigenvalue weighted by Crippen LogP contribution is 2.53. The SMILES string of the molecule is C=O.CN1CCC2CCCCC21.CNc1ccc2c(c1)C(F)(F)c1cc(-c3ccc4nc(C5C[C@@H]6CCCC[C@@H]6N5C(=O)C(COC)NC(=O)OC)[nH]c4c3)ccc1-2.COC(C)CC=O.COC(N)=O. The number of fused-ring (bicyclic) bond motifs is 6. The van der Waals surface area contributed by atoms with Crippen molar-refractivity contribution in [3.63, 3.8) is 0 Å². The number of carbonyl (C=O) groups excluding carboxylic acids is 5. The number of methoxy groups -OCH3 is 4. The van der Waals surface area contributed by atoms with E-state index in [0.717, 1.165) is 66.9 Å². The summed E-state index contributed by atoms with van der Waals surface area (Å²) < 4.78 is 50.1. The van der Waals surface area contributed by atoms with Crippen molar-refractivity contribution in [1.82, 2.24) is 25.1 Å². The number of hydrogen-bond acceptors (Lipinski definition) is 12. The maximum atomic E-state index is 15.7. The number of H-pyrrole nitrogens is 1. The van der Waals surface area contributed by atoms with Crippen molar-refractivity contribution in [2.24, 2.45) is 17.6 Å². The predicted octanol–water partition coefficient (Wildman–Crippen LogP) is 8.61. The van der Waals surface area contributed by atoms with Crippen molar-refractivity contribution in [1.29, 1.82) is 0 Å². The first-order valence-electron chi connectivity index (χ1n) is 24.0. The summed E-state index contributed by atoms with van der Waals surface area (Å²) in [5.41, 5.74) is 9.09. The molecule has 16 nitrogen and oxygen atoms in total. The van der Waals surface area contributed by atoms with Crippen LogP contribution in [0.25, 0.3) is 33.3 Å². The number of nitrogens with zero attached hydrogens (tertiary/aromatic N) is 3. The number of primary amides is 1. The Morgan fingerprint density at radius 1 is 0.886 bits per heavy atom. The number of alkyl carbamates (subject to hydrolysis) is 1. The number of aromatic nitrogens is 2. The van der Waals surface area contributed by atoms with Crippen LogP contribution in [-0.2, 0) is 39.3 Å². The molecule has 5 N–H and O–H groups in total. The van der Waals surface area contributed by atoms with Gasteiger partial charge in [0.1, 0.15) is 24.9 Å². The Bertz CT molecular complexity index is 2380. The lowest BCUT2D eigenvalue weighted by Crippen LogP contribution is -2.53. The van der Waals surface area contributed by atoms with Crippen LogP contribution in [-0.4, -0.2) is 131 Å². The van der Waals surface area contributed by atoms with Crippen LogP contribution in [0.4, 0.5) is 24.1 Å². The zero-order valence-electron chi connectivity index (χ0n) is 41.6. The summed E-state index contributed by atoms with van der Waals surface area (Å²) in [5.74, 6) is -1.28. The quantitative estimate of drug-likeness (QED) is 0.110. The van der Waals surface area contributed by atoms with Crippen LogP contribution in [0, 0.1) is 11.8 Å². The molecule has 4 fully saturated rings. The molecule has 9 rings (SSSR count). The van der Waals surface area contributed by atoms with E-state index in [1.807, 2.05) is 48.9 Å². The molecule has 7 atom stereocenters. The number of anilines is 1. The maximum Gasteiger partial charge on any atom is 0.407 e. The lowest BCUT2D eigenvalue weighted by atomic mass is 9.84. The highest BCUT2D eigenvalue weighted by Gasteiger charge is 2.48. The summed E-state index contributed by atoms with van der Waals surface area (Å²) in [6, 6.07) is 15.8. The fourth-order valence-electron chi connectivity index (χ4n) is 10.5. The molecule has 1 aromatic heterocycles. The Balaban J connectivity index is 0.000000311. The first kappa shape index (κ1) is 55.0. The minimum atomic E-state index is -3.11. The van der Waals surface area contributed by atoms with Crippen LogP contribution in [0.2, 0.25) is 0 Å². The molecule has 5 unspecified atom stereocenters. The number of ether oxygens (including phenoxy) is 4. The molecule has 0 bridgehead atoms. The van der Waals surface area contributed by atoms with Gasteiger partial charge in [0.15, 0.2) is 0 Å².